The summed E-state index contributed by atoms with van der Waals surface area (Å²) in [5.41, 5.74) is 2.70. The number of para-hydroxylation sites is 2. The first-order valence-electron chi connectivity index (χ1n) is 8.07. The van der Waals surface area contributed by atoms with Crippen molar-refractivity contribution in [2.45, 2.75) is 19.4 Å². The Bertz CT molecular complexity index is 935. The number of anilines is 1. The van der Waals surface area contributed by atoms with Crippen molar-refractivity contribution < 1.29 is 13.9 Å². The molecule has 2 heterocycles. The van der Waals surface area contributed by atoms with Crippen LogP contribution < -0.4 is 9.64 Å². The van der Waals surface area contributed by atoms with Gasteiger partial charge >= 0.3 is 11.8 Å². The van der Waals surface area contributed by atoms with Crippen molar-refractivity contribution in [3.63, 3.8) is 0 Å². The number of fused-ring (bicyclic) bond motifs is 1. The first kappa shape index (κ1) is 15.4. The Hall–Kier alpha value is -3.15. The number of carbonyl (C=O) groups excluding carboxylic acids is 1. The second-order valence-corrected chi connectivity index (χ2v) is 5.97. The van der Waals surface area contributed by atoms with E-state index in [-0.39, 0.29) is 23.7 Å². The van der Waals surface area contributed by atoms with Gasteiger partial charge in [0.25, 0.3) is 5.89 Å². The Balaban J connectivity index is 1.68. The molecule has 1 atom stereocenters. The topological polar surface area (TPSA) is 68.5 Å². The quantitative estimate of drug-likeness (QED) is 0.734. The van der Waals surface area contributed by atoms with Gasteiger partial charge in [-0.25, -0.2) is 0 Å². The lowest BCUT2D eigenvalue weighted by Crippen LogP contribution is -2.35. The van der Waals surface area contributed by atoms with Crippen LogP contribution in [0.3, 0.4) is 0 Å². The van der Waals surface area contributed by atoms with Crippen LogP contribution in [0.1, 0.15) is 23.2 Å². The maximum absolute atomic E-state index is 12.9. The maximum Gasteiger partial charge on any atom is 0.316 e. The SMILES string of the molecule is COc1ccccc1-c1nnc(C(=O)N2c3ccccc3CC2C)o1. The van der Waals surface area contributed by atoms with E-state index in [1.807, 2.05) is 49.4 Å². The van der Waals surface area contributed by atoms with Gasteiger partial charge in [-0.05, 0) is 37.1 Å². The Morgan fingerprint density at radius 2 is 1.92 bits per heavy atom. The molecule has 4 rings (SSSR count). The molecular weight excluding hydrogens is 318 g/mol. The predicted octanol–water partition coefficient (Wildman–Crippen LogP) is 3.34. The summed E-state index contributed by atoms with van der Waals surface area (Å²) in [6.45, 7) is 2.01. The minimum atomic E-state index is -0.286. The second-order valence-electron chi connectivity index (χ2n) is 5.97. The number of carbonyl (C=O) groups is 1. The van der Waals surface area contributed by atoms with Gasteiger partial charge in [0.15, 0.2) is 0 Å². The van der Waals surface area contributed by atoms with Gasteiger partial charge < -0.3 is 14.1 Å². The highest BCUT2D eigenvalue weighted by Gasteiger charge is 2.34. The summed E-state index contributed by atoms with van der Waals surface area (Å²) >= 11 is 0. The van der Waals surface area contributed by atoms with E-state index >= 15 is 0 Å². The van der Waals surface area contributed by atoms with Gasteiger partial charge in [0.05, 0.1) is 12.7 Å². The number of nitrogens with zero attached hydrogens (tertiary/aromatic N) is 3. The van der Waals surface area contributed by atoms with Crippen molar-refractivity contribution >= 4 is 11.6 Å². The third-order valence-electron chi connectivity index (χ3n) is 4.37. The molecule has 126 valence electrons. The molecule has 6 nitrogen and oxygen atoms in total. The van der Waals surface area contributed by atoms with Gasteiger partial charge in [0.2, 0.25) is 0 Å². The molecule has 1 unspecified atom stereocenters. The number of hydrogen-bond acceptors (Lipinski definition) is 5. The predicted molar refractivity (Wildman–Crippen MR) is 92.7 cm³/mol. The third-order valence-corrected chi connectivity index (χ3v) is 4.37. The smallest absolute Gasteiger partial charge is 0.316 e. The van der Waals surface area contributed by atoms with Gasteiger partial charge in [0.1, 0.15) is 5.75 Å². The Labute approximate surface area is 145 Å². The Morgan fingerprint density at radius 1 is 1.16 bits per heavy atom. The van der Waals surface area contributed by atoms with E-state index in [1.165, 1.54) is 0 Å². The highest BCUT2D eigenvalue weighted by atomic mass is 16.5. The van der Waals surface area contributed by atoms with Crippen molar-refractivity contribution in [2.75, 3.05) is 12.0 Å². The molecule has 1 amide bonds. The van der Waals surface area contributed by atoms with Gasteiger partial charge in [-0.1, -0.05) is 30.3 Å². The zero-order valence-corrected chi connectivity index (χ0v) is 14.0. The van der Waals surface area contributed by atoms with Crippen molar-refractivity contribution in [1.82, 2.24) is 10.2 Å². The monoisotopic (exact) mass is 335 g/mol. The van der Waals surface area contributed by atoms with E-state index in [1.54, 1.807) is 18.1 Å². The number of methoxy groups -OCH3 is 1. The highest BCUT2D eigenvalue weighted by Crippen LogP contribution is 2.34. The van der Waals surface area contributed by atoms with E-state index < -0.39 is 0 Å². The summed E-state index contributed by atoms with van der Waals surface area (Å²) in [4.78, 5) is 14.6. The van der Waals surface area contributed by atoms with E-state index in [0.29, 0.717) is 11.3 Å². The van der Waals surface area contributed by atoms with E-state index in [0.717, 1.165) is 17.7 Å². The number of hydrogen-bond donors (Lipinski definition) is 0. The fourth-order valence-corrected chi connectivity index (χ4v) is 3.22. The van der Waals surface area contributed by atoms with E-state index in [9.17, 15) is 4.79 Å². The molecule has 0 fully saturated rings. The molecule has 3 aromatic rings. The average Bonchev–Trinajstić information content (AvgIpc) is 3.25. The minimum Gasteiger partial charge on any atom is -0.496 e. The maximum atomic E-state index is 12.9. The summed E-state index contributed by atoms with van der Waals surface area (Å²) < 4.78 is 11.0. The van der Waals surface area contributed by atoms with Crippen molar-refractivity contribution in [3.8, 4) is 17.2 Å². The van der Waals surface area contributed by atoms with Crippen LogP contribution in [-0.2, 0) is 6.42 Å². The summed E-state index contributed by atoms with van der Waals surface area (Å²) in [5.74, 6) is 0.571. The zero-order valence-electron chi connectivity index (χ0n) is 14.0. The van der Waals surface area contributed by atoms with Crippen molar-refractivity contribution in [3.05, 3.63) is 60.0 Å². The lowest BCUT2D eigenvalue weighted by atomic mass is 10.1. The van der Waals surface area contributed by atoms with Crippen LogP contribution in [0.15, 0.2) is 52.9 Å². The number of ether oxygens (including phenoxy) is 1. The number of amides is 1. The van der Waals surface area contributed by atoms with Crippen molar-refractivity contribution in [1.29, 1.82) is 0 Å². The third kappa shape index (κ3) is 2.55. The Kier molecular flexibility index (Phi) is 3.72. The lowest BCUT2D eigenvalue weighted by molar-refractivity contribution is 0.0948. The van der Waals surface area contributed by atoms with E-state index in [4.69, 9.17) is 9.15 Å². The largest absolute Gasteiger partial charge is 0.496 e. The molecule has 0 bridgehead atoms. The molecular formula is C19H17N3O3. The minimum absolute atomic E-state index is 0.0236. The molecule has 0 spiro atoms. The van der Waals surface area contributed by atoms with Gasteiger partial charge in [-0.3, -0.25) is 4.79 Å². The molecule has 0 saturated heterocycles. The molecule has 1 aliphatic rings. The Morgan fingerprint density at radius 3 is 2.76 bits per heavy atom. The molecule has 0 N–H and O–H groups in total. The van der Waals surface area contributed by atoms with Gasteiger partial charge in [0, 0.05) is 11.7 Å². The fraction of sp³-hybridized carbons (Fsp3) is 0.211. The summed E-state index contributed by atoms with van der Waals surface area (Å²) in [6, 6.07) is 15.2. The van der Waals surface area contributed by atoms with Crippen LogP contribution >= 0.6 is 0 Å². The molecule has 1 aromatic heterocycles. The molecule has 1 aliphatic heterocycles. The highest BCUT2D eigenvalue weighted by molar-refractivity contribution is 6.04. The number of aromatic nitrogens is 2. The molecule has 25 heavy (non-hydrogen) atoms. The van der Waals surface area contributed by atoms with E-state index in [2.05, 4.69) is 10.2 Å². The summed E-state index contributed by atoms with van der Waals surface area (Å²) in [6.07, 6.45) is 0.815. The molecule has 2 aromatic carbocycles. The van der Waals surface area contributed by atoms with Crippen molar-refractivity contribution in [2.24, 2.45) is 0 Å². The normalized spacial score (nSPS) is 15.9. The summed E-state index contributed by atoms with van der Waals surface area (Å²) in [5, 5.41) is 7.98. The van der Waals surface area contributed by atoms with Crippen LogP contribution in [-0.4, -0.2) is 29.3 Å². The van der Waals surface area contributed by atoms with Crippen LogP contribution in [0.5, 0.6) is 5.75 Å². The number of rotatable bonds is 3. The molecule has 6 heteroatoms. The van der Waals surface area contributed by atoms with Gasteiger partial charge in [-0.2, -0.15) is 0 Å². The average molecular weight is 335 g/mol. The first-order valence-corrected chi connectivity index (χ1v) is 8.07. The first-order chi connectivity index (χ1) is 12.2. The second kappa shape index (κ2) is 6.05. The molecule has 0 aliphatic carbocycles. The fourth-order valence-electron chi connectivity index (χ4n) is 3.22. The van der Waals surface area contributed by atoms with Crippen LogP contribution in [0.4, 0.5) is 5.69 Å². The standard InChI is InChI=1S/C19H17N3O3/c1-12-11-13-7-3-5-9-15(13)22(12)19(23)18-21-20-17(25-18)14-8-4-6-10-16(14)24-2/h3-10,12H,11H2,1-2H3. The molecule has 0 radical (unpaired) electrons. The van der Waals surface area contributed by atoms with Crippen LogP contribution in [0.25, 0.3) is 11.5 Å². The van der Waals surface area contributed by atoms with Crippen LogP contribution in [0.2, 0.25) is 0 Å². The molecule has 0 saturated carbocycles. The van der Waals surface area contributed by atoms with Crippen LogP contribution in [0, 0.1) is 0 Å². The summed E-state index contributed by atoms with van der Waals surface area (Å²) in [7, 11) is 1.57. The lowest BCUT2D eigenvalue weighted by Gasteiger charge is -2.20. The van der Waals surface area contributed by atoms with Gasteiger partial charge in [-0.15, -0.1) is 10.2 Å². The number of benzene rings is 2. The zero-order chi connectivity index (χ0) is 17.4.